The molecule has 0 radical (unpaired) electrons. The van der Waals surface area contributed by atoms with Crippen molar-refractivity contribution in [1.29, 1.82) is 0 Å². The summed E-state index contributed by atoms with van der Waals surface area (Å²) in [6.45, 7) is 2.06. The van der Waals surface area contributed by atoms with Crippen LogP contribution in [0.15, 0.2) is 10.6 Å². The fourth-order valence-electron chi connectivity index (χ4n) is 5.54. The molecule has 1 heterocycles. The van der Waals surface area contributed by atoms with Crippen molar-refractivity contribution >= 4 is 21.9 Å². The van der Waals surface area contributed by atoms with Crippen LogP contribution in [0.2, 0.25) is 0 Å². The van der Waals surface area contributed by atoms with Crippen LogP contribution in [0, 0.1) is 24.2 Å². The van der Waals surface area contributed by atoms with Crippen molar-refractivity contribution in [3.8, 4) is 0 Å². The zero-order valence-electron chi connectivity index (χ0n) is 12.9. The van der Waals surface area contributed by atoms with Crippen molar-refractivity contribution in [3.63, 3.8) is 0 Å². The van der Waals surface area contributed by atoms with Gasteiger partial charge in [-0.25, -0.2) is 0 Å². The number of rotatable bonds is 4. The highest BCUT2D eigenvalue weighted by Gasteiger charge is 2.57. The summed E-state index contributed by atoms with van der Waals surface area (Å²) in [5, 5.41) is 3.81. The van der Waals surface area contributed by atoms with Crippen molar-refractivity contribution < 1.29 is 14.1 Å². The molecule has 5 heteroatoms. The van der Waals surface area contributed by atoms with Crippen molar-refractivity contribution in [2.75, 3.05) is 0 Å². The Labute approximate surface area is 139 Å². The van der Waals surface area contributed by atoms with Crippen LogP contribution in [0.1, 0.15) is 56.4 Å². The third-order valence-electron chi connectivity index (χ3n) is 5.68. The molecule has 0 spiro atoms. The highest BCUT2D eigenvalue weighted by atomic mass is 79.9. The topological polar surface area (TPSA) is 52.3 Å². The van der Waals surface area contributed by atoms with Gasteiger partial charge in [0.2, 0.25) is 0 Å². The summed E-state index contributed by atoms with van der Waals surface area (Å²) in [5.74, 6) is 2.12. The first-order chi connectivity index (χ1) is 10.4. The highest BCUT2D eigenvalue weighted by molar-refractivity contribution is 9.10. The lowest BCUT2D eigenvalue weighted by Crippen LogP contribution is -2.53. The van der Waals surface area contributed by atoms with Crippen LogP contribution in [0.4, 0.5) is 0 Å². The van der Waals surface area contributed by atoms with Gasteiger partial charge >= 0.3 is 5.97 Å². The maximum atomic E-state index is 12.3. The molecule has 4 aliphatic carbocycles. The number of hydrogen-bond donors (Lipinski definition) is 0. The van der Waals surface area contributed by atoms with E-state index in [2.05, 4.69) is 21.1 Å². The van der Waals surface area contributed by atoms with Gasteiger partial charge in [0, 0.05) is 10.4 Å². The predicted molar refractivity (Wildman–Crippen MR) is 84.4 cm³/mol. The summed E-state index contributed by atoms with van der Waals surface area (Å²) in [6.07, 6.45) is 8.03. The van der Waals surface area contributed by atoms with E-state index in [1.165, 1.54) is 32.1 Å². The zero-order chi connectivity index (χ0) is 15.4. The van der Waals surface area contributed by atoms with Crippen LogP contribution < -0.4 is 0 Å². The SMILES string of the molecule is Cc1cc(COC(=O)CC23CC4CC(CC(Br)(C4)C2)C3)on1. The number of aromatic nitrogens is 1. The number of nitrogens with zero attached hydrogens (tertiary/aromatic N) is 1. The van der Waals surface area contributed by atoms with E-state index < -0.39 is 0 Å². The average molecular weight is 368 g/mol. The molecule has 120 valence electrons. The summed E-state index contributed by atoms with van der Waals surface area (Å²) in [5.41, 5.74) is 0.982. The number of aryl methyl sites for hydroxylation is 1. The Morgan fingerprint density at radius 1 is 1.41 bits per heavy atom. The fourth-order valence-corrected chi connectivity index (χ4v) is 7.05. The minimum Gasteiger partial charge on any atom is -0.457 e. The van der Waals surface area contributed by atoms with E-state index in [-0.39, 0.29) is 18.0 Å². The van der Waals surface area contributed by atoms with Gasteiger partial charge in [-0.3, -0.25) is 4.79 Å². The molecule has 1 aromatic heterocycles. The summed E-state index contributed by atoms with van der Waals surface area (Å²) < 4.78 is 10.8. The Kier molecular flexibility index (Phi) is 3.40. The second-order valence-electron chi connectivity index (χ2n) is 7.88. The predicted octanol–water partition coefficient (Wildman–Crippen LogP) is 4.15. The number of carbonyl (C=O) groups is 1. The Morgan fingerprint density at radius 3 is 2.73 bits per heavy atom. The molecule has 0 N–H and O–H groups in total. The van der Waals surface area contributed by atoms with E-state index in [0.29, 0.717) is 16.5 Å². The number of halogens is 1. The number of carbonyl (C=O) groups excluding carboxylic acids is 1. The monoisotopic (exact) mass is 367 g/mol. The summed E-state index contributed by atoms with van der Waals surface area (Å²) >= 11 is 3.99. The molecule has 4 nitrogen and oxygen atoms in total. The number of esters is 1. The fraction of sp³-hybridized carbons (Fsp3) is 0.765. The molecular weight excluding hydrogens is 346 g/mol. The van der Waals surface area contributed by atoms with Crippen LogP contribution in [0.5, 0.6) is 0 Å². The minimum absolute atomic E-state index is 0.0906. The zero-order valence-corrected chi connectivity index (χ0v) is 14.5. The Hall–Kier alpha value is -0.840. The largest absolute Gasteiger partial charge is 0.457 e. The number of alkyl halides is 1. The normalized spacial score (nSPS) is 39.2. The van der Waals surface area contributed by atoms with Crippen LogP contribution in [0.25, 0.3) is 0 Å². The standard InChI is InChI=1S/C17H22BrNO3/c1-11-2-14(22-19-11)9-21-15(20)8-16-4-12-3-13(5-16)7-17(18,6-12)10-16/h2,12-13H,3-10H2,1H3. The molecular formula is C17H22BrNO3. The Balaban J connectivity index is 1.39. The first kappa shape index (κ1) is 14.7. The van der Waals surface area contributed by atoms with Gasteiger partial charge in [-0.1, -0.05) is 21.1 Å². The van der Waals surface area contributed by atoms with E-state index >= 15 is 0 Å². The first-order valence-corrected chi connectivity index (χ1v) is 9.00. The maximum absolute atomic E-state index is 12.3. The molecule has 2 atom stereocenters. The smallest absolute Gasteiger partial charge is 0.306 e. The maximum Gasteiger partial charge on any atom is 0.306 e. The second-order valence-corrected chi connectivity index (χ2v) is 9.57. The van der Waals surface area contributed by atoms with Gasteiger partial charge in [-0.05, 0) is 62.7 Å². The summed E-state index contributed by atoms with van der Waals surface area (Å²) in [4.78, 5) is 12.3. The molecule has 4 fully saturated rings. The second kappa shape index (κ2) is 5.08. The lowest BCUT2D eigenvalue weighted by molar-refractivity contribution is -0.152. The van der Waals surface area contributed by atoms with Gasteiger partial charge in [-0.15, -0.1) is 0 Å². The quantitative estimate of drug-likeness (QED) is 0.592. The lowest BCUT2D eigenvalue weighted by Gasteiger charge is -2.60. The third kappa shape index (κ3) is 2.72. The van der Waals surface area contributed by atoms with Gasteiger partial charge < -0.3 is 9.26 Å². The molecule has 1 aromatic rings. The summed E-state index contributed by atoms with van der Waals surface area (Å²) in [6, 6.07) is 1.81. The molecule has 0 aliphatic heterocycles. The molecule has 22 heavy (non-hydrogen) atoms. The molecule has 0 amide bonds. The first-order valence-electron chi connectivity index (χ1n) is 8.21. The van der Waals surface area contributed by atoms with E-state index in [1.807, 2.05) is 13.0 Å². The van der Waals surface area contributed by atoms with E-state index in [0.717, 1.165) is 24.0 Å². The van der Waals surface area contributed by atoms with Crippen molar-refractivity contribution in [2.45, 2.75) is 62.8 Å². The lowest BCUT2D eigenvalue weighted by atomic mass is 9.49. The van der Waals surface area contributed by atoms with Gasteiger partial charge in [0.05, 0.1) is 12.1 Å². The Bertz CT molecular complexity index is 582. The molecule has 4 bridgehead atoms. The van der Waals surface area contributed by atoms with Gasteiger partial charge in [0.1, 0.15) is 0 Å². The van der Waals surface area contributed by atoms with E-state index in [4.69, 9.17) is 9.26 Å². The molecule has 4 saturated carbocycles. The number of hydrogen-bond acceptors (Lipinski definition) is 4. The van der Waals surface area contributed by atoms with Crippen LogP contribution in [-0.4, -0.2) is 15.5 Å². The van der Waals surface area contributed by atoms with Gasteiger partial charge in [0.15, 0.2) is 12.4 Å². The summed E-state index contributed by atoms with van der Waals surface area (Å²) in [7, 11) is 0. The highest BCUT2D eigenvalue weighted by Crippen LogP contribution is 2.65. The van der Waals surface area contributed by atoms with Crippen LogP contribution in [-0.2, 0) is 16.1 Å². The van der Waals surface area contributed by atoms with Gasteiger partial charge in [0.25, 0.3) is 0 Å². The van der Waals surface area contributed by atoms with Crippen molar-refractivity contribution in [2.24, 2.45) is 17.3 Å². The molecule has 4 aliphatic rings. The molecule has 2 unspecified atom stereocenters. The third-order valence-corrected chi connectivity index (χ3v) is 6.61. The molecule has 5 rings (SSSR count). The van der Waals surface area contributed by atoms with Crippen molar-refractivity contribution in [1.82, 2.24) is 5.16 Å². The Morgan fingerprint density at radius 2 is 2.14 bits per heavy atom. The van der Waals surface area contributed by atoms with Crippen LogP contribution in [0.3, 0.4) is 0 Å². The van der Waals surface area contributed by atoms with Crippen LogP contribution >= 0.6 is 15.9 Å². The van der Waals surface area contributed by atoms with E-state index in [1.54, 1.807) is 0 Å². The number of ether oxygens (including phenoxy) is 1. The van der Waals surface area contributed by atoms with Gasteiger partial charge in [-0.2, -0.15) is 0 Å². The minimum atomic E-state index is -0.0906. The average Bonchev–Trinajstić information content (AvgIpc) is 2.78. The van der Waals surface area contributed by atoms with Crippen molar-refractivity contribution in [3.05, 3.63) is 17.5 Å². The molecule has 0 aromatic carbocycles. The molecule has 0 saturated heterocycles. The van der Waals surface area contributed by atoms with E-state index in [9.17, 15) is 4.79 Å².